The van der Waals surface area contributed by atoms with Crippen LogP contribution in [0.5, 0.6) is 11.5 Å². The quantitative estimate of drug-likeness (QED) is 0.629. The molecule has 3 aromatic rings. The lowest BCUT2D eigenvalue weighted by molar-refractivity contribution is 0.0697. The Morgan fingerprint density at radius 3 is 2.67 bits per heavy atom. The van der Waals surface area contributed by atoms with Gasteiger partial charge < -0.3 is 25.2 Å². The standard InChI is InChI=1S/C19H16N4O4/c1-11-7-17(21-13-4-2-3-12(8-13)18(24)25)23-19(20-11)22-14-5-6-15-16(9-14)27-10-26-15/h2-9H,10H2,1H3,(H,24,25)(H2,20,21,22,23). The first-order chi connectivity index (χ1) is 13.1. The first-order valence-electron chi connectivity index (χ1n) is 8.19. The monoisotopic (exact) mass is 364 g/mol. The van der Waals surface area contributed by atoms with E-state index in [1.165, 1.54) is 6.07 Å². The second kappa shape index (κ2) is 6.83. The molecular formula is C19H16N4O4. The highest BCUT2D eigenvalue weighted by atomic mass is 16.7. The maximum Gasteiger partial charge on any atom is 0.335 e. The SMILES string of the molecule is Cc1cc(Nc2cccc(C(=O)O)c2)nc(Nc2ccc3c(c2)OCO3)n1. The van der Waals surface area contributed by atoms with E-state index in [1.807, 2.05) is 25.1 Å². The molecule has 136 valence electrons. The number of benzene rings is 2. The van der Waals surface area contributed by atoms with Crippen LogP contribution in [0.15, 0.2) is 48.5 Å². The molecule has 8 nitrogen and oxygen atoms in total. The smallest absolute Gasteiger partial charge is 0.335 e. The lowest BCUT2D eigenvalue weighted by Crippen LogP contribution is -2.03. The molecule has 3 N–H and O–H groups in total. The third-order valence-corrected chi connectivity index (χ3v) is 3.86. The van der Waals surface area contributed by atoms with Crippen molar-refractivity contribution in [3.63, 3.8) is 0 Å². The van der Waals surface area contributed by atoms with Crippen molar-refractivity contribution < 1.29 is 19.4 Å². The number of carboxylic acid groups (broad SMARTS) is 1. The van der Waals surface area contributed by atoms with Gasteiger partial charge in [0, 0.05) is 29.2 Å². The van der Waals surface area contributed by atoms with Gasteiger partial charge in [0.1, 0.15) is 5.82 Å². The van der Waals surface area contributed by atoms with E-state index >= 15 is 0 Å². The molecule has 1 aliphatic rings. The van der Waals surface area contributed by atoms with E-state index in [1.54, 1.807) is 24.3 Å². The zero-order chi connectivity index (χ0) is 18.8. The number of carbonyl (C=O) groups is 1. The van der Waals surface area contributed by atoms with Crippen LogP contribution in [0.2, 0.25) is 0 Å². The zero-order valence-corrected chi connectivity index (χ0v) is 14.4. The van der Waals surface area contributed by atoms with Gasteiger partial charge >= 0.3 is 5.97 Å². The summed E-state index contributed by atoms with van der Waals surface area (Å²) in [5, 5.41) is 15.4. The molecule has 0 saturated heterocycles. The minimum atomic E-state index is -0.984. The van der Waals surface area contributed by atoms with Gasteiger partial charge in [-0.1, -0.05) is 6.07 Å². The van der Waals surface area contributed by atoms with E-state index < -0.39 is 5.97 Å². The van der Waals surface area contributed by atoms with Gasteiger partial charge in [-0.15, -0.1) is 0 Å². The minimum absolute atomic E-state index is 0.199. The maximum absolute atomic E-state index is 11.1. The summed E-state index contributed by atoms with van der Waals surface area (Å²) in [7, 11) is 0. The Morgan fingerprint density at radius 2 is 1.81 bits per heavy atom. The number of aryl methyl sites for hydroxylation is 1. The Balaban J connectivity index is 1.56. The number of fused-ring (bicyclic) bond motifs is 1. The van der Waals surface area contributed by atoms with Gasteiger partial charge in [0.2, 0.25) is 12.7 Å². The molecule has 0 unspecified atom stereocenters. The van der Waals surface area contributed by atoms with Crippen molar-refractivity contribution in [2.45, 2.75) is 6.92 Å². The van der Waals surface area contributed by atoms with Crippen LogP contribution in [-0.2, 0) is 0 Å². The molecule has 4 rings (SSSR count). The number of anilines is 4. The van der Waals surface area contributed by atoms with Crippen LogP contribution < -0.4 is 20.1 Å². The molecule has 0 saturated carbocycles. The Bertz CT molecular complexity index is 1020. The van der Waals surface area contributed by atoms with E-state index in [4.69, 9.17) is 14.6 Å². The van der Waals surface area contributed by atoms with Gasteiger partial charge in [0.15, 0.2) is 11.5 Å². The average Bonchev–Trinajstić information content (AvgIpc) is 3.09. The topological polar surface area (TPSA) is 106 Å². The Labute approximate surface area is 154 Å². The van der Waals surface area contributed by atoms with Crippen molar-refractivity contribution in [1.29, 1.82) is 0 Å². The molecule has 0 amide bonds. The van der Waals surface area contributed by atoms with Gasteiger partial charge in [-0.2, -0.15) is 4.98 Å². The fourth-order valence-electron chi connectivity index (χ4n) is 2.67. The third-order valence-electron chi connectivity index (χ3n) is 3.86. The first kappa shape index (κ1) is 16.6. The number of carboxylic acids is 1. The molecule has 0 radical (unpaired) electrons. The number of nitrogens with zero attached hydrogens (tertiary/aromatic N) is 2. The van der Waals surface area contributed by atoms with Crippen LogP contribution in [0.25, 0.3) is 0 Å². The fourth-order valence-corrected chi connectivity index (χ4v) is 2.67. The predicted molar refractivity (Wildman–Crippen MR) is 99.3 cm³/mol. The van der Waals surface area contributed by atoms with E-state index in [9.17, 15) is 4.79 Å². The van der Waals surface area contributed by atoms with Crippen molar-refractivity contribution in [1.82, 2.24) is 9.97 Å². The van der Waals surface area contributed by atoms with Gasteiger partial charge in [-0.3, -0.25) is 0 Å². The number of hydrogen-bond donors (Lipinski definition) is 3. The molecular weight excluding hydrogens is 348 g/mol. The number of aromatic carboxylic acids is 1. The minimum Gasteiger partial charge on any atom is -0.478 e. The number of nitrogens with one attached hydrogen (secondary N) is 2. The summed E-state index contributed by atoms with van der Waals surface area (Å²) in [6, 6.07) is 13.8. The Hall–Kier alpha value is -3.81. The van der Waals surface area contributed by atoms with Crippen molar-refractivity contribution in [3.8, 4) is 11.5 Å². The second-order valence-electron chi connectivity index (χ2n) is 5.92. The fraction of sp³-hybridized carbons (Fsp3) is 0.105. The van der Waals surface area contributed by atoms with Crippen LogP contribution in [0.1, 0.15) is 16.1 Å². The summed E-state index contributed by atoms with van der Waals surface area (Å²) in [6.07, 6.45) is 0. The molecule has 0 atom stereocenters. The lowest BCUT2D eigenvalue weighted by Gasteiger charge is -2.11. The molecule has 2 heterocycles. The molecule has 1 aromatic heterocycles. The van der Waals surface area contributed by atoms with Gasteiger partial charge in [0.05, 0.1) is 5.56 Å². The van der Waals surface area contributed by atoms with Crippen molar-refractivity contribution in [3.05, 3.63) is 59.8 Å². The number of aromatic nitrogens is 2. The lowest BCUT2D eigenvalue weighted by atomic mass is 10.2. The molecule has 27 heavy (non-hydrogen) atoms. The molecule has 8 heteroatoms. The van der Waals surface area contributed by atoms with E-state index in [2.05, 4.69) is 20.6 Å². The highest BCUT2D eigenvalue weighted by Gasteiger charge is 2.14. The second-order valence-corrected chi connectivity index (χ2v) is 5.92. The predicted octanol–water partition coefficient (Wildman–Crippen LogP) is 3.70. The summed E-state index contributed by atoms with van der Waals surface area (Å²) >= 11 is 0. The summed E-state index contributed by atoms with van der Waals surface area (Å²) < 4.78 is 10.7. The van der Waals surface area contributed by atoms with Crippen LogP contribution in [-0.4, -0.2) is 27.8 Å². The van der Waals surface area contributed by atoms with E-state index in [-0.39, 0.29) is 12.4 Å². The molecule has 0 fully saturated rings. The van der Waals surface area contributed by atoms with Gasteiger partial charge in [-0.25, -0.2) is 9.78 Å². The Morgan fingerprint density at radius 1 is 1.00 bits per heavy atom. The molecule has 0 aliphatic carbocycles. The van der Waals surface area contributed by atoms with Crippen molar-refractivity contribution in [2.75, 3.05) is 17.4 Å². The zero-order valence-electron chi connectivity index (χ0n) is 14.4. The van der Waals surface area contributed by atoms with Crippen LogP contribution in [0, 0.1) is 6.92 Å². The maximum atomic E-state index is 11.1. The molecule has 1 aliphatic heterocycles. The third kappa shape index (κ3) is 3.74. The summed E-state index contributed by atoms with van der Waals surface area (Å²) in [5.41, 5.74) is 2.35. The highest BCUT2D eigenvalue weighted by Crippen LogP contribution is 2.34. The number of ether oxygens (including phenoxy) is 2. The van der Waals surface area contributed by atoms with Crippen molar-refractivity contribution in [2.24, 2.45) is 0 Å². The van der Waals surface area contributed by atoms with E-state index in [0.29, 0.717) is 29.0 Å². The van der Waals surface area contributed by atoms with Crippen LogP contribution >= 0.6 is 0 Å². The summed E-state index contributed by atoms with van der Waals surface area (Å²) in [4.78, 5) is 19.9. The largest absolute Gasteiger partial charge is 0.478 e. The highest BCUT2D eigenvalue weighted by molar-refractivity contribution is 5.89. The Kier molecular flexibility index (Phi) is 4.21. The van der Waals surface area contributed by atoms with Crippen LogP contribution in [0.4, 0.5) is 23.1 Å². The number of hydrogen-bond acceptors (Lipinski definition) is 7. The molecule has 0 spiro atoms. The summed E-state index contributed by atoms with van der Waals surface area (Å²) in [5.74, 6) is 1.34. The average molecular weight is 364 g/mol. The number of rotatable bonds is 5. The molecule has 2 aromatic carbocycles. The first-order valence-corrected chi connectivity index (χ1v) is 8.19. The van der Waals surface area contributed by atoms with Crippen LogP contribution in [0.3, 0.4) is 0 Å². The van der Waals surface area contributed by atoms with Gasteiger partial charge in [0.25, 0.3) is 0 Å². The van der Waals surface area contributed by atoms with Gasteiger partial charge in [-0.05, 0) is 37.3 Å². The van der Waals surface area contributed by atoms with Crippen molar-refractivity contribution >= 4 is 29.1 Å². The summed E-state index contributed by atoms with van der Waals surface area (Å²) in [6.45, 7) is 2.06. The molecule has 0 bridgehead atoms. The van der Waals surface area contributed by atoms with E-state index in [0.717, 1.165) is 11.4 Å². The normalized spacial score (nSPS) is 11.9.